The van der Waals surface area contributed by atoms with Gasteiger partial charge in [0.05, 0.1) is 17.6 Å². The number of hydrogen-bond acceptors (Lipinski definition) is 6. The summed E-state index contributed by atoms with van der Waals surface area (Å²) in [6.07, 6.45) is 2.65. The summed E-state index contributed by atoms with van der Waals surface area (Å²) < 4.78 is 4.71. The Bertz CT molecular complexity index is 607. The molecule has 0 bridgehead atoms. The third kappa shape index (κ3) is 3.61. The molecule has 1 aliphatic heterocycles. The first-order valence-corrected chi connectivity index (χ1v) is 7.92. The number of carbonyl (C=O) groups is 1. The Kier molecular flexibility index (Phi) is 4.47. The van der Waals surface area contributed by atoms with Crippen LogP contribution in [0.3, 0.4) is 0 Å². The number of nitrogens with zero attached hydrogens (tertiary/aromatic N) is 3. The van der Waals surface area contributed by atoms with Gasteiger partial charge in [0.25, 0.3) is 5.69 Å². The second-order valence-corrected chi connectivity index (χ2v) is 6.18. The standard InChI is InChI=1S/C16H21N3O4/c1-23-16(20)13-4-5-14(19(21)22)15(10-13)18-8-6-17(7-9-18)11-12-2-3-12/h4-5,10,12H,2-3,6-9,11H2,1H3. The summed E-state index contributed by atoms with van der Waals surface area (Å²) in [4.78, 5) is 27.0. The molecule has 7 nitrogen and oxygen atoms in total. The van der Waals surface area contributed by atoms with Crippen LogP contribution in [0.25, 0.3) is 0 Å². The van der Waals surface area contributed by atoms with Crippen molar-refractivity contribution in [1.29, 1.82) is 0 Å². The second-order valence-electron chi connectivity index (χ2n) is 6.18. The van der Waals surface area contributed by atoms with Crippen LogP contribution in [0.4, 0.5) is 11.4 Å². The molecule has 0 N–H and O–H groups in total. The van der Waals surface area contributed by atoms with Gasteiger partial charge in [-0.15, -0.1) is 0 Å². The lowest BCUT2D eigenvalue weighted by molar-refractivity contribution is -0.384. The predicted octanol–water partition coefficient (Wildman–Crippen LogP) is 1.91. The van der Waals surface area contributed by atoms with Gasteiger partial charge >= 0.3 is 5.97 Å². The van der Waals surface area contributed by atoms with Gasteiger partial charge in [0.2, 0.25) is 0 Å². The molecule has 1 heterocycles. The average molecular weight is 319 g/mol. The van der Waals surface area contributed by atoms with Crippen molar-refractivity contribution in [3.8, 4) is 0 Å². The summed E-state index contributed by atoms with van der Waals surface area (Å²) in [5.74, 6) is 0.368. The number of nitro groups is 1. The number of methoxy groups -OCH3 is 1. The summed E-state index contributed by atoms with van der Waals surface area (Å²) in [6.45, 7) is 4.40. The number of esters is 1. The first-order valence-electron chi connectivity index (χ1n) is 7.92. The van der Waals surface area contributed by atoms with Gasteiger partial charge in [-0.1, -0.05) is 0 Å². The molecule has 0 atom stereocenters. The zero-order valence-corrected chi connectivity index (χ0v) is 13.2. The number of benzene rings is 1. The van der Waals surface area contributed by atoms with E-state index in [0.29, 0.717) is 11.3 Å². The maximum absolute atomic E-state index is 11.7. The number of rotatable bonds is 5. The molecule has 0 aromatic heterocycles. The molecular formula is C16H21N3O4. The van der Waals surface area contributed by atoms with Crippen molar-refractivity contribution in [2.45, 2.75) is 12.8 Å². The highest BCUT2D eigenvalue weighted by Gasteiger charge is 2.28. The number of carbonyl (C=O) groups excluding carboxylic acids is 1. The Morgan fingerprint density at radius 2 is 2.00 bits per heavy atom. The Morgan fingerprint density at radius 3 is 2.57 bits per heavy atom. The Balaban J connectivity index is 1.76. The number of hydrogen-bond donors (Lipinski definition) is 0. The van der Waals surface area contributed by atoms with Crippen LogP contribution in [-0.4, -0.2) is 55.6 Å². The topological polar surface area (TPSA) is 75.9 Å². The maximum atomic E-state index is 11.7. The lowest BCUT2D eigenvalue weighted by Crippen LogP contribution is -2.47. The lowest BCUT2D eigenvalue weighted by atomic mass is 10.1. The van der Waals surface area contributed by atoms with Crippen molar-refractivity contribution in [2.75, 3.05) is 44.7 Å². The van der Waals surface area contributed by atoms with Crippen LogP contribution in [0.1, 0.15) is 23.2 Å². The molecule has 0 amide bonds. The average Bonchev–Trinajstić information content (AvgIpc) is 3.38. The first-order chi connectivity index (χ1) is 11.1. The fraction of sp³-hybridized carbons (Fsp3) is 0.562. The van der Waals surface area contributed by atoms with Crippen LogP contribution in [0.2, 0.25) is 0 Å². The molecule has 124 valence electrons. The van der Waals surface area contributed by atoms with Gasteiger partial charge in [-0.05, 0) is 30.9 Å². The SMILES string of the molecule is COC(=O)c1ccc([N+](=O)[O-])c(N2CCN(CC3CC3)CC2)c1. The van der Waals surface area contributed by atoms with E-state index in [1.807, 2.05) is 4.90 Å². The third-order valence-corrected chi connectivity index (χ3v) is 4.52. The maximum Gasteiger partial charge on any atom is 0.337 e. The van der Waals surface area contributed by atoms with Gasteiger partial charge < -0.3 is 9.64 Å². The van der Waals surface area contributed by atoms with E-state index in [-0.39, 0.29) is 5.69 Å². The van der Waals surface area contributed by atoms with E-state index in [9.17, 15) is 14.9 Å². The summed E-state index contributed by atoms with van der Waals surface area (Å²) in [7, 11) is 1.31. The Morgan fingerprint density at radius 1 is 1.30 bits per heavy atom. The van der Waals surface area contributed by atoms with Gasteiger partial charge in [0.1, 0.15) is 5.69 Å². The quantitative estimate of drug-likeness (QED) is 0.469. The highest BCUT2D eigenvalue weighted by atomic mass is 16.6. The van der Waals surface area contributed by atoms with Crippen LogP contribution in [-0.2, 0) is 4.74 Å². The molecule has 0 spiro atoms. The number of anilines is 1. The molecule has 0 unspecified atom stereocenters. The van der Waals surface area contributed by atoms with Crippen molar-refractivity contribution < 1.29 is 14.5 Å². The molecule has 2 fully saturated rings. The monoisotopic (exact) mass is 319 g/mol. The molecule has 1 saturated carbocycles. The minimum Gasteiger partial charge on any atom is -0.465 e. The zero-order valence-electron chi connectivity index (χ0n) is 13.2. The molecule has 0 radical (unpaired) electrons. The van der Waals surface area contributed by atoms with Crippen molar-refractivity contribution in [3.63, 3.8) is 0 Å². The number of ether oxygens (including phenoxy) is 1. The van der Waals surface area contributed by atoms with Gasteiger partial charge in [-0.25, -0.2) is 4.79 Å². The smallest absolute Gasteiger partial charge is 0.337 e. The molecule has 1 aromatic carbocycles. The van der Waals surface area contributed by atoms with Crippen molar-refractivity contribution in [1.82, 2.24) is 4.90 Å². The molecule has 3 rings (SSSR count). The zero-order chi connectivity index (χ0) is 16.4. The van der Waals surface area contributed by atoms with Gasteiger partial charge in [-0.3, -0.25) is 15.0 Å². The molecule has 1 aliphatic carbocycles. The highest BCUT2D eigenvalue weighted by Crippen LogP contribution is 2.32. The fourth-order valence-corrected chi connectivity index (χ4v) is 3.01. The summed E-state index contributed by atoms with van der Waals surface area (Å²) in [6, 6.07) is 4.40. The van der Waals surface area contributed by atoms with E-state index >= 15 is 0 Å². The van der Waals surface area contributed by atoms with Crippen LogP contribution in [0.5, 0.6) is 0 Å². The van der Waals surface area contributed by atoms with Crippen LogP contribution in [0.15, 0.2) is 18.2 Å². The summed E-state index contributed by atoms with van der Waals surface area (Å²) in [5.41, 5.74) is 0.880. The highest BCUT2D eigenvalue weighted by molar-refractivity contribution is 5.91. The van der Waals surface area contributed by atoms with E-state index in [1.165, 1.54) is 32.1 Å². The number of nitro benzene ring substituents is 1. The molecule has 7 heteroatoms. The first kappa shape index (κ1) is 15.7. The third-order valence-electron chi connectivity index (χ3n) is 4.52. The summed E-state index contributed by atoms with van der Waals surface area (Å²) in [5, 5.41) is 11.3. The molecule has 2 aliphatic rings. The molecule has 1 aromatic rings. The molecular weight excluding hydrogens is 298 g/mol. The van der Waals surface area contributed by atoms with Crippen LogP contribution < -0.4 is 4.90 Å². The van der Waals surface area contributed by atoms with E-state index in [4.69, 9.17) is 4.74 Å². The predicted molar refractivity (Wildman–Crippen MR) is 85.8 cm³/mol. The van der Waals surface area contributed by atoms with Crippen molar-refractivity contribution in [3.05, 3.63) is 33.9 Å². The van der Waals surface area contributed by atoms with Gasteiger partial charge in [-0.2, -0.15) is 0 Å². The largest absolute Gasteiger partial charge is 0.465 e. The van der Waals surface area contributed by atoms with Crippen molar-refractivity contribution in [2.24, 2.45) is 5.92 Å². The minimum atomic E-state index is -0.478. The Labute approximate surface area is 135 Å². The minimum absolute atomic E-state index is 0.0355. The fourth-order valence-electron chi connectivity index (χ4n) is 3.01. The Hall–Kier alpha value is -2.15. The normalized spacial score (nSPS) is 18.7. The van der Waals surface area contributed by atoms with E-state index in [1.54, 1.807) is 6.07 Å². The second kappa shape index (κ2) is 6.54. The summed E-state index contributed by atoms with van der Waals surface area (Å²) >= 11 is 0. The lowest BCUT2D eigenvalue weighted by Gasteiger charge is -2.35. The van der Waals surface area contributed by atoms with E-state index < -0.39 is 10.9 Å². The van der Waals surface area contributed by atoms with E-state index in [2.05, 4.69) is 4.90 Å². The van der Waals surface area contributed by atoms with E-state index in [0.717, 1.165) is 38.6 Å². The van der Waals surface area contributed by atoms with Gasteiger partial charge in [0.15, 0.2) is 0 Å². The molecule has 1 saturated heterocycles. The molecule has 23 heavy (non-hydrogen) atoms. The van der Waals surface area contributed by atoms with Crippen LogP contribution >= 0.6 is 0 Å². The number of piperazine rings is 1. The van der Waals surface area contributed by atoms with Gasteiger partial charge in [0, 0.05) is 38.8 Å². The van der Waals surface area contributed by atoms with Crippen LogP contribution in [0, 0.1) is 16.0 Å². The van der Waals surface area contributed by atoms with Crippen molar-refractivity contribution >= 4 is 17.3 Å².